The molecule has 0 saturated carbocycles. The van der Waals surface area contributed by atoms with Crippen LogP contribution in [0.3, 0.4) is 0 Å². The van der Waals surface area contributed by atoms with E-state index in [-0.39, 0.29) is 6.03 Å². The Balaban J connectivity index is 2.56. The average molecular weight is 254 g/mol. The number of halogens is 1. The van der Waals surface area contributed by atoms with Crippen molar-refractivity contribution in [2.45, 2.75) is 13.8 Å². The van der Waals surface area contributed by atoms with Gasteiger partial charge in [0.1, 0.15) is 0 Å². The summed E-state index contributed by atoms with van der Waals surface area (Å²) in [6.07, 6.45) is 3.48. The second-order valence-electron chi connectivity index (χ2n) is 3.94. The number of hydrogen-bond acceptors (Lipinski definition) is 2. The van der Waals surface area contributed by atoms with Gasteiger partial charge in [0.15, 0.2) is 0 Å². The first-order valence-corrected chi connectivity index (χ1v) is 5.66. The Morgan fingerprint density at radius 2 is 2.18 bits per heavy atom. The molecule has 0 heterocycles. The van der Waals surface area contributed by atoms with Crippen LogP contribution in [0.1, 0.15) is 13.8 Å². The van der Waals surface area contributed by atoms with E-state index in [1.807, 2.05) is 19.9 Å². The van der Waals surface area contributed by atoms with Crippen molar-refractivity contribution < 1.29 is 4.79 Å². The van der Waals surface area contributed by atoms with Crippen LogP contribution in [0.4, 0.5) is 16.2 Å². The number of rotatable bonds is 3. The fraction of sp³-hybridized carbons (Fsp3) is 0.250. The third-order valence-electron chi connectivity index (χ3n) is 1.94. The summed E-state index contributed by atoms with van der Waals surface area (Å²) in [4.78, 5) is 11.5. The molecule has 0 atom stereocenters. The van der Waals surface area contributed by atoms with Crippen molar-refractivity contribution in [2.24, 2.45) is 5.92 Å². The number of amides is 2. The standard InChI is InChI=1S/C12H16ClN3O/c1-8(2)5-6-15-12(17)16-11-4-3-9(14)7-10(11)13/h3-8H,14H2,1-2H3,(H2,15,16,17)/b6-5+. The molecule has 2 amide bonds. The molecule has 4 N–H and O–H groups in total. The summed E-state index contributed by atoms with van der Waals surface area (Å²) >= 11 is 5.92. The summed E-state index contributed by atoms with van der Waals surface area (Å²) in [5, 5.41) is 5.62. The third-order valence-corrected chi connectivity index (χ3v) is 2.25. The van der Waals surface area contributed by atoms with Gasteiger partial charge in [0, 0.05) is 11.9 Å². The largest absolute Gasteiger partial charge is 0.399 e. The molecule has 0 bridgehead atoms. The number of urea groups is 1. The molecular formula is C12H16ClN3O. The van der Waals surface area contributed by atoms with E-state index in [1.54, 1.807) is 24.4 Å². The minimum Gasteiger partial charge on any atom is -0.399 e. The maximum atomic E-state index is 11.5. The van der Waals surface area contributed by atoms with E-state index in [0.29, 0.717) is 22.3 Å². The van der Waals surface area contributed by atoms with Gasteiger partial charge < -0.3 is 16.4 Å². The zero-order valence-electron chi connectivity index (χ0n) is 9.83. The van der Waals surface area contributed by atoms with Crippen LogP contribution in [0.15, 0.2) is 30.5 Å². The van der Waals surface area contributed by atoms with Gasteiger partial charge in [-0.3, -0.25) is 0 Å². The van der Waals surface area contributed by atoms with Crippen molar-refractivity contribution >= 4 is 29.0 Å². The summed E-state index contributed by atoms with van der Waals surface area (Å²) in [5.41, 5.74) is 6.63. The first-order chi connectivity index (χ1) is 7.99. The molecule has 4 nitrogen and oxygen atoms in total. The van der Waals surface area contributed by atoms with Crippen LogP contribution in [0.25, 0.3) is 0 Å². The van der Waals surface area contributed by atoms with Crippen molar-refractivity contribution in [3.8, 4) is 0 Å². The third kappa shape index (κ3) is 4.78. The van der Waals surface area contributed by atoms with Crippen LogP contribution >= 0.6 is 11.6 Å². The molecular weight excluding hydrogens is 238 g/mol. The lowest BCUT2D eigenvalue weighted by atomic mass is 10.2. The van der Waals surface area contributed by atoms with E-state index in [2.05, 4.69) is 10.6 Å². The van der Waals surface area contributed by atoms with Crippen LogP contribution in [0.2, 0.25) is 5.02 Å². The molecule has 5 heteroatoms. The highest BCUT2D eigenvalue weighted by Gasteiger charge is 2.04. The Labute approximate surface area is 106 Å². The van der Waals surface area contributed by atoms with Crippen molar-refractivity contribution in [3.05, 3.63) is 35.5 Å². The first-order valence-electron chi connectivity index (χ1n) is 5.28. The summed E-state index contributed by atoms with van der Waals surface area (Å²) in [5.74, 6) is 0.385. The van der Waals surface area contributed by atoms with E-state index < -0.39 is 0 Å². The molecule has 0 aliphatic rings. The average Bonchev–Trinajstić information content (AvgIpc) is 2.21. The minimum absolute atomic E-state index is 0.339. The van der Waals surface area contributed by atoms with Crippen LogP contribution in [0, 0.1) is 5.92 Å². The van der Waals surface area contributed by atoms with Gasteiger partial charge in [-0.05, 0) is 24.1 Å². The fourth-order valence-corrected chi connectivity index (χ4v) is 1.34. The lowest BCUT2D eigenvalue weighted by molar-refractivity contribution is 0.255. The second kappa shape index (κ2) is 6.15. The molecule has 0 saturated heterocycles. The zero-order chi connectivity index (χ0) is 12.8. The van der Waals surface area contributed by atoms with Gasteiger partial charge in [-0.25, -0.2) is 4.79 Å². The van der Waals surface area contributed by atoms with Crippen molar-refractivity contribution in [1.82, 2.24) is 5.32 Å². The maximum absolute atomic E-state index is 11.5. The van der Waals surface area contributed by atoms with Gasteiger partial charge >= 0.3 is 6.03 Å². The van der Waals surface area contributed by atoms with E-state index in [0.717, 1.165) is 0 Å². The van der Waals surface area contributed by atoms with Crippen molar-refractivity contribution in [3.63, 3.8) is 0 Å². The van der Waals surface area contributed by atoms with Gasteiger partial charge in [0.05, 0.1) is 10.7 Å². The Hall–Kier alpha value is -1.68. The molecule has 0 spiro atoms. The van der Waals surface area contributed by atoms with Gasteiger partial charge in [0.2, 0.25) is 0 Å². The minimum atomic E-state index is -0.339. The summed E-state index contributed by atoms with van der Waals surface area (Å²) in [6, 6.07) is 4.57. The highest BCUT2D eigenvalue weighted by atomic mass is 35.5. The SMILES string of the molecule is CC(C)/C=C/NC(=O)Nc1ccc(N)cc1Cl. The molecule has 1 rings (SSSR count). The molecule has 0 radical (unpaired) electrons. The number of carbonyl (C=O) groups excluding carboxylic acids is 1. The molecule has 92 valence electrons. The van der Waals surface area contributed by atoms with Crippen molar-refractivity contribution in [1.29, 1.82) is 0 Å². The topological polar surface area (TPSA) is 67.2 Å². The maximum Gasteiger partial charge on any atom is 0.323 e. The molecule has 0 fully saturated rings. The Bertz CT molecular complexity index is 430. The number of benzene rings is 1. The fourth-order valence-electron chi connectivity index (χ4n) is 1.11. The van der Waals surface area contributed by atoms with Gasteiger partial charge in [-0.1, -0.05) is 31.5 Å². The molecule has 0 aromatic heterocycles. The van der Waals surface area contributed by atoms with Gasteiger partial charge in [0.25, 0.3) is 0 Å². The highest BCUT2D eigenvalue weighted by molar-refractivity contribution is 6.34. The molecule has 1 aromatic carbocycles. The number of hydrogen-bond donors (Lipinski definition) is 3. The Morgan fingerprint density at radius 3 is 2.76 bits per heavy atom. The normalized spacial score (nSPS) is 10.8. The number of carbonyl (C=O) groups is 1. The van der Waals surface area contributed by atoms with Crippen LogP contribution in [-0.2, 0) is 0 Å². The van der Waals surface area contributed by atoms with Crippen LogP contribution in [-0.4, -0.2) is 6.03 Å². The van der Waals surface area contributed by atoms with E-state index in [9.17, 15) is 4.79 Å². The summed E-state index contributed by atoms with van der Waals surface area (Å²) in [7, 11) is 0. The first kappa shape index (κ1) is 13.4. The van der Waals surface area contributed by atoms with Gasteiger partial charge in [-0.15, -0.1) is 0 Å². The number of anilines is 2. The number of nitrogens with one attached hydrogen (secondary N) is 2. The smallest absolute Gasteiger partial charge is 0.323 e. The van der Waals surface area contributed by atoms with E-state index >= 15 is 0 Å². The summed E-state index contributed by atoms with van der Waals surface area (Å²) in [6.45, 7) is 4.04. The Kier molecular flexibility index (Phi) is 4.84. The second-order valence-corrected chi connectivity index (χ2v) is 4.35. The molecule has 0 aliphatic carbocycles. The predicted octanol–water partition coefficient (Wildman–Crippen LogP) is 3.21. The predicted molar refractivity (Wildman–Crippen MR) is 72.0 cm³/mol. The lowest BCUT2D eigenvalue weighted by Gasteiger charge is -2.07. The quantitative estimate of drug-likeness (QED) is 0.724. The summed E-state index contributed by atoms with van der Waals surface area (Å²) < 4.78 is 0. The molecule has 0 unspecified atom stereocenters. The van der Waals surface area contributed by atoms with Gasteiger partial charge in [-0.2, -0.15) is 0 Å². The Morgan fingerprint density at radius 1 is 1.47 bits per heavy atom. The molecule has 0 aliphatic heterocycles. The lowest BCUT2D eigenvalue weighted by Crippen LogP contribution is -2.24. The van der Waals surface area contributed by atoms with E-state index in [4.69, 9.17) is 17.3 Å². The molecule has 1 aromatic rings. The molecule has 17 heavy (non-hydrogen) atoms. The highest BCUT2D eigenvalue weighted by Crippen LogP contribution is 2.23. The van der Waals surface area contributed by atoms with Crippen molar-refractivity contribution in [2.75, 3.05) is 11.1 Å². The van der Waals surface area contributed by atoms with E-state index in [1.165, 1.54) is 0 Å². The number of allylic oxidation sites excluding steroid dienone is 1. The monoisotopic (exact) mass is 253 g/mol. The zero-order valence-corrected chi connectivity index (χ0v) is 10.6. The number of nitrogens with two attached hydrogens (primary N) is 1. The number of nitrogen functional groups attached to an aromatic ring is 1. The van der Waals surface area contributed by atoms with Crippen LogP contribution < -0.4 is 16.4 Å². The van der Waals surface area contributed by atoms with Crippen LogP contribution in [0.5, 0.6) is 0 Å².